The highest BCUT2D eigenvalue weighted by molar-refractivity contribution is 8.38. The van der Waals surface area contributed by atoms with Gasteiger partial charge in [-0.3, -0.25) is 0 Å². The minimum atomic E-state index is -2.54. The summed E-state index contributed by atoms with van der Waals surface area (Å²) in [4.78, 5) is -0.445. The fraction of sp³-hybridized carbons (Fsp3) is 0.833. The summed E-state index contributed by atoms with van der Waals surface area (Å²) < 4.78 is 9.39. The molecular weight excluding hydrogens is 282 g/mol. The minimum absolute atomic E-state index is 0.715. The average Bonchev–Trinajstić information content (AvgIpc) is 2.14. The maximum Gasteiger partial charge on any atom is 0.228 e. The van der Waals surface area contributed by atoms with Gasteiger partial charge in [0.2, 0.25) is 4.89 Å². The smallest absolute Gasteiger partial charge is 0.228 e. The Hall–Kier alpha value is 1.01. The van der Waals surface area contributed by atoms with E-state index in [2.05, 4.69) is 9.66 Å². The lowest BCUT2D eigenvalue weighted by atomic mass is 10.5. The fourth-order valence-electron chi connectivity index (χ4n) is 1.09. The Kier molecular flexibility index (Phi) is 5.53. The summed E-state index contributed by atoms with van der Waals surface area (Å²) in [6.07, 6.45) is 1.94. The molecule has 3 nitrogen and oxygen atoms in total. The van der Waals surface area contributed by atoms with E-state index in [1.807, 2.05) is 6.26 Å². The first-order valence-corrected chi connectivity index (χ1v) is 9.78. The first kappa shape index (κ1) is 13.1. The largest absolute Gasteiger partial charge is 0.378 e. The molecule has 0 N–H and O–H groups in total. The number of thioether (sulfide) groups is 1. The predicted molar refractivity (Wildman–Crippen MR) is 69.3 cm³/mol. The van der Waals surface area contributed by atoms with Crippen molar-refractivity contribution in [1.82, 2.24) is 4.90 Å². The number of hydrogen-bond acceptors (Lipinski definition) is 3. The molecule has 0 amide bonds. The lowest BCUT2D eigenvalue weighted by Crippen LogP contribution is -2.39. The number of hydrogen-bond donors (Lipinski definition) is 0. The molecule has 1 rings (SSSR count). The van der Waals surface area contributed by atoms with Crippen molar-refractivity contribution in [2.75, 3.05) is 32.6 Å². The van der Waals surface area contributed by atoms with Gasteiger partial charge in [-0.1, -0.05) is 11.8 Å². The van der Waals surface area contributed by atoms with E-state index >= 15 is 0 Å². The highest BCUT2D eigenvalue weighted by atomic mass is 35.9. The minimum Gasteiger partial charge on any atom is -0.378 e. The third kappa shape index (κ3) is 4.69. The molecule has 14 heavy (non-hydrogen) atoms. The number of halogens is 2. The molecule has 0 atom stereocenters. The van der Waals surface area contributed by atoms with Gasteiger partial charge in [0, 0.05) is 13.1 Å². The molecule has 0 spiro atoms. The van der Waals surface area contributed by atoms with Crippen LogP contribution in [0.1, 0.15) is 0 Å². The van der Waals surface area contributed by atoms with E-state index in [0.29, 0.717) is 13.2 Å². The van der Waals surface area contributed by atoms with E-state index in [1.54, 1.807) is 0 Å². The van der Waals surface area contributed by atoms with E-state index in [0.717, 1.165) is 18.3 Å². The standard InChI is InChI=1S/C6H11Cl2N2OPS2/c1-14-6(9-12(7,8)13)10-2-4-11-5-3-10/h2-5H2,1H3. The lowest BCUT2D eigenvalue weighted by molar-refractivity contribution is 0.0694. The van der Waals surface area contributed by atoms with Crippen molar-refractivity contribution in [3.63, 3.8) is 0 Å². The summed E-state index contributed by atoms with van der Waals surface area (Å²) in [6, 6.07) is 0. The third-order valence-electron chi connectivity index (χ3n) is 1.67. The Morgan fingerprint density at radius 3 is 2.50 bits per heavy atom. The van der Waals surface area contributed by atoms with Gasteiger partial charge in [-0.2, -0.15) is 4.76 Å². The number of amidine groups is 1. The third-order valence-corrected chi connectivity index (χ3v) is 3.64. The molecular formula is C6H11Cl2N2OPS2. The molecule has 1 aliphatic rings. The van der Waals surface area contributed by atoms with Gasteiger partial charge < -0.3 is 9.64 Å². The van der Waals surface area contributed by atoms with Crippen LogP contribution in [-0.4, -0.2) is 42.6 Å². The Balaban J connectivity index is 2.69. The zero-order valence-corrected chi connectivity index (χ0v) is 11.7. The molecule has 0 aromatic carbocycles. The monoisotopic (exact) mass is 292 g/mol. The Bertz CT molecular complexity index is 265. The number of nitrogens with zero attached hydrogens (tertiary/aromatic N) is 2. The molecule has 0 bridgehead atoms. The van der Waals surface area contributed by atoms with Crippen molar-refractivity contribution in [3.8, 4) is 0 Å². The zero-order chi connectivity index (χ0) is 10.6. The zero-order valence-electron chi connectivity index (χ0n) is 7.65. The van der Waals surface area contributed by atoms with Crippen LogP contribution in [0, 0.1) is 0 Å². The molecule has 0 aliphatic carbocycles. The van der Waals surface area contributed by atoms with Crippen LogP contribution in [0.3, 0.4) is 0 Å². The summed E-state index contributed by atoms with van der Waals surface area (Å²) in [5, 5.41) is 0.821. The maximum absolute atomic E-state index is 5.76. The van der Waals surface area contributed by atoms with Crippen LogP contribution in [0.15, 0.2) is 4.76 Å². The van der Waals surface area contributed by atoms with Crippen molar-refractivity contribution in [2.45, 2.75) is 0 Å². The molecule has 1 fully saturated rings. The van der Waals surface area contributed by atoms with Crippen LogP contribution in [0.5, 0.6) is 0 Å². The summed E-state index contributed by atoms with van der Waals surface area (Å²) in [7, 11) is 0. The molecule has 82 valence electrons. The normalized spacial score (nSPS) is 19.9. The van der Waals surface area contributed by atoms with Gasteiger partial charge in [0.1, 0.15) is 0 Å². The first-order valence-electron chi connectivity index (χ1n) is 3.99. The van der Waals surface area contributed by atoms with Gasteiger partial charge in [-0.15, -0.1) is 0 Å². The van der Waals surface area contributed by atoms with Gasteiger partial charge in [0.25, 0.3) is 0 Å². The molecule has 8 heteroatoms. The predicted octanol–water partition coefficient (Wildman–Crippen LogP) is 2.74. The van der Waals surface area contributed by atoms with E-state index < -0.39 is 4.89 Å². The van der Waals surface area contributed by atoms with Crippen molar-refractivity contribution in [1.29, 1.82) is 0 Å². The van der Waals surface area contributed by atoms with Gasteiger partial charge in [0.15, 0.2) is 5.17 Å². The van der Waals surface area contributed by atoms with Crippen LogP contribution in [0.2, 0.25) is 0 Å². The highest BCUT2D eigenvalue weighted by Gasteiger charge is 2.17. The Morgan fingerprint density at radius 1 is 1.50 bits per heavy atom. The van der Waals surface area contributed by atoms with Crippen molar-refractivity contribution < 1.29 is 4.74 Å². The quantitative estimate of drug-likeness (QED) is 0.421. The Labute approximate surface area is 103 Å². The summed E-state index contributed by atoms with van der Waals surface area (Å²) in [5.41, 5.74) is 0. The van der Waals surface area contributed by atoms with E-state index in [-0.39, 0.29) is 0 Å². The van der Waals surface area contributed by atoms with Crippen molar-refractivity contribution >= 4 is 56.1 Å². The topological polar surface area (TPSA) is 24.8 Å². The average molecular weight is 293 g/mol. The van der Waals surface area contributed by atoms with Gasteiger partial charge in [-0.25, -0.2) is 0 Å². The van der Waals surface area contributed by atoms with Gasteiger partial charge in [-0.05, 0) is 40.5 Å². The van der Waals surface area contributed by atoms with Gasteiger partial charge in [0.05, 0.1) is 13.2 Å². The molecule has 0 radical (unpaired) electrons. The van der Waals surface area contributed by atoms with E-state index in [1.165, 1.54) is 11.8 Å². The van der Waals surface area contributed by atoms with Gasteiger partial charge >= 0.3 is 0 Å². The van der Waals surface area contributed by atoms with Crippen LogP contribution in [0.25, 0.3) is 0 Å². The van der Waals surface area contributed by atoms with Crippen molar-refractivity contribution in [2.24, 2.45) is 4.76 Å². The molecule has 1 heterocycles. The van der Waals surface area contributed by atoms with E-state index in [4.69, 9.17) is 39.0 Å². The number of rotatable bonds is 1. The van der Waals surface area contributed by atoms with Crippen LogP contribution in [-0.2, 0) is 16.5 Å². The molecule has 0 aromatic rings. The second-order valence-electron chi connectivity index (χ2n) is 2.62. The summed E-state index contributed by atoms with van der Waals surface area (Å²) >= 11 is 17.9. The Morgan fingerprint density at radius 2 is 2.07 bits per heavy atom. The lowest BCUT2D eigenvalue weighted by Gasteiger charge is -2.28. The molecule has 1 saturated heterocycles. The van der Waals surface area contributed by atoms with Crippen LogP contribution in [0.4, 0.5) is 0 Å². The first-order chi connectivity index (χ1) is 6.53. The number of morpholine rings is 1. The summed E-state index contributed by atoms with van der Waals surface area (Å²) in [5.74, 6) is 0. The van der Waals surface area contributed by atoms with Crippen molar-refractivity contribution in [3.05, 3.63) is 0 Å². The second kappa shape index (κ2) is 5.92. The molecule has 0 saturated carbocycles. The highest BCUT2D eigenvalue weighted by Crippen LogP contribution is 2.59. The second-order valence-corrected chi connectivity index (χ2v) is 10.7. The maximum atomic E-state index is 5.76. The fourth-order valence-corrected chi connectivity index (χ4v) is 3.63. The van der Waals surface area contributed by atoms with Crippen LogP contribution < -0.4 is 0 Å². The summed E-state index contributed by atoms with van der Waals surface area (Å²) in [6.45, 7) is 3.08. The van der Waals surface area contributed by atoms with E-state index in [9.17, 15) is 0 Å². The SMILES string of the molecule is CSC(=NP(=S)(Cl)Cl)N1CCOCC1. The molecule has 0 aromatic heterocycles. The number of ether oxygens (including phenoxy) is 1. The molecule has 1 aliphatic heterocycles. The molecule has 0 unspecified atom stereocenters. The van der Waals surface area contributed by atoms with Crippen LogP contribution >= 0.6 is 39.1 Å².